The number of hydrogen-bond donors (Lipinski definition) is 3. The van der Waals surface area contributed by atoms with Gasteiger partial charge in [0, 0.05) is 17.3 Å². The van der Waals surface area contributed by atoms with E-state index >= 15 is 0 Å². The first-order valence-corrected chi connectivity index (χ1v) is 31.2. The van der Waals surface area contributed by atoms with Crippen LogP contribution in [0.25, 0.3) is 0 Å². The van der Waals surface area contributed by atoms with E-state index < -0.39 is 30.4 Å². The highest BCUT2D eigenvalue weighted by Crippen LogP contribution is 2.69. The fraction of sp³-hybridized carbons (Fsp3) is 0.738. The summed E-state index contributed by atoms with van der Waals surface area (Å²) < 4.78 is 52.6. The molecule has 16 atom stereocenters. The molecule has 0 heterocycles. The van der Waals surface area contributed by atoms with Crippen LogP contribution in [0.3, 0.4) is 0 Å². The third-order valence-corrected chi connectivity index (χ3v) is 24.3. The van der Waals surface area contributed by atoms with Crippen LogP contribution in [0.1, 0.15) is 177 Å². The summed E-state index contributed by atoms with van der Waals surface area (Å²) in [6.07, 6.45) is 23.5. The van der Waals surface area contributed by atoms with Gasteiger partial charge < -0.3 is 15.3 Å². The van der Waals surface area contributed by atoms with Gasteiger partial charge in [-0.2, -0.15) is 8.42 Å². The molecule has 0 saturated heterocycles. The van der Waals surface area contributed by atoms with Gasteiger partial charge in [-0.15, -0.1) is 0 Å². The van der Waals surface area contributed by atoms with Crippen molar-refractivity contribution in [2.24, 2.45) is 80.8 Å². The highest BCUT2D eigenvalue weighted by molar-refractivity contribution is 8.13. The van der Waals surface area contributed by atoms with Crippen LogP contribution in [0.2, 0.25) is 0 Å². The molecule has 6 fully saturated rings. The molecular formula is C61H93ClO8S2. The quantitative estimate of drug-likeness (QED) is 0.135. The molecule has 8 nitrogen and oxygen atoms in total. The van der Waals surface area contributed by atoms with Gasteiger partial charge >= 0.3 is 0 Å². The minimum atomic E-state index is -3.73. The molecule has 0 radical (unpaired) electrons. The Hall–Kier alpha value is -2.05. The Kier molecular flexibility index (Phi) is 16.9. The minimum Gasteiger partial charge on any atom is -0.396 e. The van der Waals surface area contributed by atoms with Gasteiger partial charge in [0.25, 0.3) is 19.2 Å². The van der Waals surface area contributed by atoms with E-state index in [4.69, 9.17) is 14.9 Å². The number of allylic oxidation sites excluding steroid dienone is 2. The van der Waals surface area contributed by atoms with Crippen LogP contribution in [-0.2, 0) is 23.4 Å². The van der Waals surface area contributed by atoms with Crippen LogP contribution in [0.15, 0.2) is 81.6 Å². The van der Waals surface area contributed by atoms with Gasteiger partial charge in [-0.1, -0.05) is 108 Å². The molecule has 8 aliphatic rings. The summed E-state index contributed by atoms with van der Waals surface area (Å²) in [5.41, 5.74) is 5.33. The largest absolute Gasteiger partial charge is 0.396 e. The van der Waals surface area contributed by atoms with Gasteiger partial charge in [0.15, 0.2) is 0 Å². The van der Waals surface area contributed by atoms with E-state index in [0.29, 0.717) is 52.9 Å². The maximum absolute atomic E-state index is 12.8. The lowest BCUT2D eigenvalue weighted by atomic mass is 9.46. The molecule has 6 saturated carbocycles. The average Bonchev–Trinajstić information content (AvgIpc) is 3.86. The van der Waals surface area contributed by atoms with Crippen LogP contribution in [0, 0.1) is 94.7 Å². The summed E-state index contributed by atoms with van der Waals surface area (Å²) in [4.78, 5) is 0.389. The Morgan fingerprint density at radius 1 is 0.583 bits per heavy atom. The monoisotopic (exact) mass is 1050 g/mol. The zero-order valence-corrected chi connectivity index (χ0v) is 47.2. The lowest BCUT2D eigenvalue weighted by Gasteiger charge is -2.59. The van der Waals surface area contributed by atoms with Crippen molar-refractivity contribution in [3.8, 4) is 0 Å². The van der Waals surface area contributed by atoms with Gasteiger partial charge in [-0.25, -0.2) is 8.42 Å². The molecule has 0 bridgehead atoms. The summed E-state index contributed by atoms with van der Waals surface area (Å²) in [5, 5.41) is 31.0. The second-order valence-corrected chi connectivity index (χ2v) is 30.4. The molecule has 0 spiro atoms. The lowest BCUT2D eigenvalue weighted by Crippen LogP contribution is -2.52. The van der Waals surface area contributed by atoms with Gasteiger partial charge in [-0.05, 0) is 236 Å². The van der Waals surface area contributed by atoms with Gasteiger partial charge in [0.05, 0.1) is 27.6 Å². The van der Waals surface area contributed by atoms with E-state index in [2.05, 4.69) is 53.7 Å². The standard InChI is InChI=1S/C30H44O4S.C23H38O2.C7H7ClO2S.CH4/c1-20-6-9-23(10-7-20)35(32,33)34-19-21(2)25-12-13-26-24-11-8-22-18-28(3,31)16-17-29(22,4)27(24)14-15-30(25,26)5;1-15(14-24)18-7-8-19-17-6-5-16-13-21(2,25)11-12-22(16,3)20(17)9-10-23(18,19)4;1-6-2-4-7(5-3-6)11(8,9)10;/h6-10,21,24-27,31H,11-19H2,1-5H3;5,15,17-20,24-25H,6-14H2,1-4H3;2-5H,1H3;1H4/t21-,24-,25+,26-,27-,28-,29-,30+;15-,17-,18+,19-,20-,21-,22-,23+;;/m00../s1. The van der Waals surface area contributed by atoms with Crippen LogP contribution in [0.4, 0.5) is 0 Å². The molecule has 8 aliphatic carbocycles. The summed E-state index contributed by atoms with van der Waals surface area (Å²) >= 11 is 0. The van der Waals surface area contributed by atoms with Gasteiger partial charge in [0.1, 0.15) is 0 Å². The van der Waals surface area contributed by atoms with Crippen LogP contribution in [-0.4, -0.2) is 56.6 Å². The normalized spacial score (nSPS) is 40.7. The van der Waals surface area contributed by atoms with E-state index in [1.165, 1.54) is 75.5 Å². The smallest absolute Gasteiger partial charge is 0.296 e. The third kappa shape index (κ3) is 11.1. The first-order valence-electron chi connectivity index (χ1n) is 27.5. The van der Waals surface area contributed by atoms with E-state index in [9.17, 15) is 32.2 Å². The SMILES string of the molecule is C.C[C@@H](CO)[C@H]1CC[C@H]2[C@@H]3CC=C4C[C@@](C)(O)CC[C@]4(C)[C@H]3CC[C@]12C.Cc1ccc(S(=O)(=O)Cl)cc1.Cc1ccc(S(=O)(=O)OC[C@H](C)[C@H]2CC[C@H]3[C@@H]4CC=C5C[C@@](C)(O)CC[C@]5(C)[C@H]4CC[C@]23C)cc1. The molecule has 0 amide bonds. The summed E-state index contributed by atoms with van der Waals surface area (Å²) in [5.74, 6) is 6.43. The van der Waals surface area contributed by atoms with Crippen molar-refractivity contribution in [3.05, 3.63) is 83.0 Å². The first kappa shape index (κ1) is 57.7. The molecule has 2 aromatic carbocycles. The Morgan fingerprint density at radius 2 is 0.986 bits per heavy atom. The summed E-state index contributed by atoms with van der Waals surface area (Å²) in [7, 11) is -2.19. The van der Waals surface area contributed by atoms with E-state index in [1.54, 1.807) is 29.8 Å². The molecule has 0 aromatic heterocycles. The van der Waals surface area contributed by atoms with E-state index in [1.807, 2.05) is 39.8 Å². The van der Waals surface area contributed by atoms with Crippen LogP contribution < -0.4 is 0 Å². The zero-order valence-electron chi connectivity index (χ0n) is 44.9. The van der Waals surface area contributed by atoms with Crippen LogP contribution >= 0.6 is 10.7 Å². The number of aliphatic hydroxyl groups is 3. The Balaban J connectivity index is 0.000000178. The third-order valence-electron chi connectivity index (χ3n) is 21.7. The van der Waals surface area contributed by atoms with Crippen molar-refractivity contribution in [2.45, 2.75) is 200 Å². The second kappa shape index (κ2) is 21.1. The number of rotatable bonds is 8. The summed E-state index contributed by atoms with van der Waals surface area (Å²) in [6, 6.07) is 13.3. The molecular weight excluding hydrogens is 960 g/mol. The highest BCUT2D eigenvalue weighted by Gasteiger charge is 2.61. The summed E-state index contributed by atoms with van der Waals surface area (Å²) in [6.45, 7) is 22.9. The van der Waals surface area contributed by atoms with Crippen LogP contribution in [0.5, 0.6) is 0 Å². The van der Waals surface area contributed by atoms with Crippen molar-refractivity contribution in [2.75, 3.05) is 13.2 Å². The fourth-order valence-electron chi connectivity index (χ4n) is 17.5. The predicted molar refractivity (Wildman–Crippen MR) is 292 cm³/mol. The minimum absolute atomic E-state index is 0. The van der Waals surface area contributed by atoms with Gasteiger partial charge in [-0.3, -0.25) is 4.18 Å². The predicted octanol–water partition coefficient (Wildman–Crippen LogP) is 14.2. The molecule has 2 aromatic rings. The Bertz CT molecular complexity index is 2520. The molecule has 10 rings (SSSR count). The maximum atomic E-state index is 12.8. The highest BCUT2D eigenvalue weighted by atomic mass is 35.7. The number of hydrogen-bond acceptors (Lipinski definition) is 8. The zero-order chi connectivity index (χ0) is 51.7. The van der Waals surface area contributed by atoms with Gasteiger partial charge in [0.2, 0.25) is 0 Å². The Morgan fingerprint density at radius 3 is 1.39 bits per heavy atom. The van der Waals surface area contributed by atoms with Crippen molar-refractivity contribution in [3.63, 3.8) is 0 Å². The topological polar surface area (TPSA) is 138 Å². The first-order chi connectivity index (χ1) is 33.1. The maximum Gasteiger partial charge on any atom is 0.296 e. The lowest BCUT2D eigenvalue weighted by molar-refractivity contribution is -0.0723. The number of benzene rings is 2. The molecule has 404 valence electrons. The Labute approximate surface area is 441 Å². The van der Waals surface area contributed by atoms with E-state index in [0.717, 1.165) is 73.8 Å². The van der Waals surface area contributed by atoms with E-state index in [-0.39, 0.29) is 40.6 Å². The van der Waals surface area contributed by atoms with Crippen molar-refractivity contribution >= 4 is 29.9 Å². The molecule has 0 aliphatic heterocycles. The molecule has 3 N–H and O–H groups in total. The number of fused-ring (bicyclic) bond motifs is 10. The number of aryl methyl sites for hydroxylation is 2. The number of halogens is 1. The van der Waals surface area contributed by atoms with Crippen molar-refractivity contribution < 1.29 is 36.3 Å². The van der Waals surface area contributed by atoms with Crippen molar-refractivity contribution in [1.82, 2.24) is 0 Å². The average molecular weight is 1050 g/mol. The second-order valence-electron chi connectivity index (χ2n) is 26.3. The fourth-order valence-corrected chi connectivity index (χ4v) is 19.2. The molecule has 72 heavy (non-hydrogen) atoms. The van der Waals surface area contributed by atoms with Crippen molar-refractivity contribution in [1.29, 1.82) is 0 Å². The molecule has 0 unspecified atom stereocenters. The molecule has 11 heteroatoms. The number of aliphatic hydroxyl groups excluding tert-OH is 1.